The van der Waals surface area contributed by atoms with Crippen molar-refractivity contribution < 1.29 is 9.53 Å². The third kappa shape index (κ3) is 2.58. The molecule has 0 aromatic carbocycles. The van der Waals surface area contributed by atoms with Gasteiger partial charge in [-0.15, -0.1) is 0 Å². The van der Waals surface area contributed by atoms with Crippen LogP contribution < -0.4 is 0 Å². The predicted molar refractivity (Wildman–Crippen MR) is 52.1 cm³/mol. The number of hydrogen-bond donors (Lipinski definition) is 0. The Morgan fingerprint density at radius 3 is 2.54 bits per heavy atom. The first-order valence-electron chi connectivity index (χ1n) is 5.09. The molecule has 1 aliphatic rings. The standard InChI is InChI=1S/C11H18O2/c1-3-10(12)13-9-8-11(4-2)6-5-7-11/h8-9H,3-7H2,1-2H3. The Kier molecular flexibility index (Phi) is 3.52. The number of carbonyl (C=O) groups excluding carboxylic acids is 1. The molecule has 0 unspecified atom stereocenters. The Labute approximate surface area is 80.0 Å². The van der Waals surface area contributed by atoms with Gasteiger partial charge in [0.15, 0.2) is 0 Å². The molecular formula is C11H18O2. The van der Waals surface area contributed by atoms with Gasteiger partial charge in [-0.2, -0.15) is 0 Å². The van der Waals surface area contributed by atoms with Crippen LogP contribution in [0.25, 0.3) is 0 Å². The van der Waals surface area contributed by atoms with Crippen molar-refractivity contribution in [3.8, 4) is 0 Å². The number of rotatable bonds is 4. The van der Waals surface area contributed by atoms with Gasteiger partial charge in [0.2, 0.25) is 0 Å². The van der Waals surface area contributed by atoms with E-state index >= 15 is 0 Å². The molecule has 0 aromatic rings. The van der Waals surface area contributed by atoms with E-state index in [0.29, 0.717) is 11.8 Å². The van der Waals surface area contributed by atoms with E-state index in [-0.39, 0.29) is 5.97 Å². The highest BCUT2D eigenvalue weighted by atomic mass is 16.5. The van der Waals surface area contributed by atoms with Gasteiger partial charge in [-0.05, 0) is 30.8 Å². The molecule has 13 heavy (non-hydrogen) atoms. The van der Waals surface area contributed by atoms with Gasteiger partial charge in [0.25, 0.3) is 0 Å². The van der Waals surface area contributed by atoms with Crippen LogP contribution in [0.15, 0.2) is 12.3 Å². The summed E-state index contributed by atoms with van der Waals surface area (Å²) in [7, 11) is 0. The Morgan fingerprint density at radius 2 is 2.15 bits per heavy atom. The molecule has 0 saturated heterocycles. The predicted octanol–water partition coefficient (Wildman–Crippen LogP) is 3.03. The first-order valence-corrected chi connectivity index (χ1v) is 5.09. The van der Waals surface area contributed by atoms with Gasteiger partial charge < -0.3 is 4.74 Å². The number of allylic oxidation sites excluding steroid dienone is 1. The summed E-state index contributed by atoms with van der Waals surface area (Å²) in [6, 6.07) is 0. The van der Waals surface area contributed by atoms with Gasteiger partial charge in [0.05, 0.1) is 6.26 Å². The topological polar surface area (TPSA) is 26.3 Å². The lowest BCUT2D eigenvalue weighted by Crippen LogP contribution is -2.25. The minimum absolute atomic E-state index is 0.151. The third-order valence-corrected chi connectivity index (χ3v) is 2.96. The van der Waals surface area contributed by atoms with Crippen LogP contribution in [0.2, 0.25) is 0 Å². The molecule has 1 aliphatic carbocycles. The van der Waals surface area contributed by atoms with Crippen molar-refractivity contribution in [2.24, 2.45) is 5.41 Å². The van der Waals surface area contributed by atoms with Crippen LogP contribution in [0.4, 0.5) is 0 Å². The molecule has 74 valence electrons. The highest BCUT2D eigenvalue weighted by Gasteiger charge is 2.32. The van der Waals surface area contributed by atoms with E-state index in [9.17, 15) is 4.79 Å². The smallest absolute Gasteiger partial charge is 0.310 e. The maximum absolute atomic E-state index is 10.8. The highest BCUT2D eigenvalue weighted by Crippen LogP contribution is 2.44. The van der Waals surface area contributed by atoms with E-state index in [1.54, 1.807) is 13.2 Å². The Bertz CT molecular complexity index is 197. The molecule has 0 radical (unpaired) electrons. The largest absolute Gasteiger partial charge is 0.435 e. The molecule has 0 aromatic heterocycles. The second kappa shape index (κ2) is 4.45. The SMILES string of the molecule is CCC(=O)OC=CC1(CC)CCC1. The van der Waals surface area contributed by atoms with Crippen molar-refractivity contribution in [2.45, 2.75) is 46.0 Å². The van der Waals surface area contributed by atoms with Gasteiger partial charge >= 0.3 is 5.97 Å². The van der Waals surface area contributed by atoms with Crippen molar-refractivity contribution >= 4 is 5.97 Å². The molecule has 0 atom stereocenters. The lowest BCUT2D eigenvalue weighted by molar-refractivity contribution is -0.137. The van der Waals surface area contributed by atoms with Crippen LogP contribution in [0.3, 0.4) is 0 Å². The van der Waals surface area contributed by atoms with Gasteiger partial charge in [-0.1, -0.05) is 20.3 Å². The van der Waals surface area contributed by atoms with Crippen LogP contribution >= 0.6 is 0 Å². The number of esters is 1. The van der Waals surface area contributed by atoms with Crippen LogP contribution in [0.5, 0.6) is 0 Å². The zero-order valence-electron chi connectivity index (χ0n) is 8.51. The fraction of sp³-hybridized carbons (Fsp3) is 0.727. The van der Waals surface area contributed by atoms with Gasteiger partial charge in [-0.3, -0.25) is 4.79 Å². The summed E-state index contributed by atoms with van der Waals surface area (Å²) in [5, 5.41) is 0. The third-order valence-electron chi connectivity index (χ3n) is 2.96. The molecule has 0 spiro atoms. The first kappa shape index (κ1) is 10.3. The Morgan fingerprint density at radius 1 is 1.46 bits per heavy atom. The monoisotopic (exact) mass is 182 g/mol. The van der Waals surface area contributed by atoms with E-state index in [1.165, 1.54) is 19.3 Å². The van der Waals surface area contributed by atoms with Crippen molar-refractivity contribution in [1.82, 2.24) is 0 Å². The van der Waals surface area contributed by atoms with E-state index in [2.05, 4.69) is 13.0 Å². The molecule has 2 nitrogen and oxygen atoms in total. The molecule has 0 amide bonds. The van der Waals surface area contributed by atoms with Crippen molar-refractivity contribution in [3.05, 3.63) is 12.3 Å². The average Bonchev–Trinajstić information content (AvgIpc) is 2.09. The number of hydrogen-bond acceptors (Lipinski definition) is 2. The molecule has 1 fully saturated rings. The molecular weight excluding hydrogens is 164 g/mol. The lowest BCUT2D eigenvalue weighted by atomic mass is 9.67. The highest BCUT2D eigenvalue weighted by molar-refractivity contribution is 5.69. The van der Waals surface area contributed by atoms with E-state index in [1.807, 2.05) is 0 Å². The summed E-state index contributed by atoms with van der Waals surface area (Å²) in [5.41, 5.74) is 0.341. The summed E-state index contributed by atoms with van der Waals surface area (Å²) in [6.07, 6.45) is 9.02. The molecule has 1 saturated carbocycles. The fourth-order valence-corrected chi connectivity index (χ4v) is 1.61. The molecule has 0 aliphatic heterocycles. The minimum Gasteiger partial charge on any atom is -0.435 e. The van der Waals surface area contributed by atoms with Crippen molar-refractivity contribution in [2.75, 3.05) is 0 Å². The number of carbonyl (C=O) groups is 1. The summed E-state index contributed by atoms with van der Waals surface area (Å²) in [5.74, 6) is -0.151. The van der Waals surface area contributed by atoms with E-state index < -0.39 is 0 Å². The normalized spacial score (nSPS) is 19.8. The number of ether oxygens (including phenoxy) is 1. The maximum Gasteiger partial charge on any atom is 0.310 e. The van der Waals surface area contributed by atoms with Crippen LogP contribution in [0.1, 0.15) is 46.0 Å². The van der Waals surface area contributed by atoms with Crippen molar-refractivity contribution in [3.63, 3.8) is 0 Å². The summed E-state index contributed by atoms with van der Waals surface area (Å²) >= 11 is 0. The Hall–Kier alpha value is -0.790. The molecule has 0 bridgehead atoms. The van der Waals surface area contributed by atoms with Crippen LogP contribution in [-0.4, -0.2) is 5.97 Å². The molecule has 0 N–H and O–H groups in total. The van der Waals surface area contributed by atoms with E-state index in [4.69, 9.17) is 4.74 Å². The summed E-state index contributed by atoms with van der Waals surface area (Å²) < 4.78 is 4.90. The minimum atomic E-state index is -0.151. The fourth-order valence-electron chi connectivity index (χ4n) is 1.61. The second-order valence-electron chi connectivity index (χ2n) is 3.72. The van der Waals surface area contributed by atoms with Gasteiger partial charge in [0, 0.05) is 6.42 Å². The molecule has 0 heterocycles. The zero-order chi connectivity index (χ0) is 9.73. The lowest BCUT2D eigenvalue weighted by Gasteiger charge is -2.38. The zero-order valence-corrected chi connectivity index (χ0v) is 8.51. The summed E-state index contributed by atoms with van der Waals surface area (Å²) in [6.45, 7) is 3.99. The van der Waals surface area contributed by atoms with Crippen LogP contribution in [-0.2, 0) is 9.53 Å². The quantitative estimate of drug-likeness (QED) is 0.493. The van der Waals surface area contributed by atoms with E-state index in [0.717, 1.165) is 6.42 Å². The average molecular weight is 182 g/mol. The first-order chi connectivity index (χ1) is 6.22. The molecule has 1 rings (SSSR count). The Balaban J connectivity index is 2.33. The maximum atomic E-state index is 10.8. The second-order valence-corrected chi connectivity index (χ2v) is 3.72. The van der Waals surface area contributed by atoms with Gasteiger partial charge in [0.1, 0.15) is 0 Å². The van der Waals surface area contributed by atoms with Crippen molar-refractivity contribution in [1.29, 1.82) is 0 Å². The molecule has 2 heteroatoms. The summed E-state index contributed by atoms with van der Waals surface area (Å²) in [4.78, 5) is 10.8. The van der Waals surface area contributed by atoms with Gasteiger partial charge in [-0.25, -0.2) is 0 Å². The van der Waals surface area contributed by atoms with Crippen LogP contribution in [0, 0.1) is 5.41 Å².